The lowest BCUT2D eigenvalue weighted by molar-refractivity contribution is -0.138. The third-order valence-corrected chi connectivity index (χ3v) is 5.79. The first-order chi connectivity index (χ1) is 13.5. The van der Waals surface area contributed by atoms with Gasteiger partial charge in [0, 0.05) is 18.1 Å². The van der Waals surface area contributed by atoms with E-state index < -0.39 is 0 Å². The number of piperazine rings is 1. The van der Waals surface area contributed by atoms with Crippen LogP contribution in [0.5, 0.6) is 5.75 Å². The van der Waals surface area contributed by atoms with E-state index in [2.05, 4.69) is 5.32 Å². The van der Waals surface area contributed by atoms with Crippen molar-refractivity contribution in [3.8, 4) is 5.75 Å². The highest BCUT2D eigenvalue weighted by molar-refractivity contribution is 7.80. The average molecular weight is 420 g/mol. The molecule has 1 saturated heterocycles. The van der Waals surface area contributed by atoms with Crippen molar-refractivity contribution in [1.29, 1.82) is 0 Å². The minimum absolute atomic E-state index is 0.00781. The molecule has 2 aromatic rings. The predicted octanol–water partition coefficient (Wildman–Crippen LogP) is 3.63. The summed E-state index contributed by atoms with van der Waals surface area (Å²) >= 11 is 11.6. The SMILES string of the molecule is COc1ccc(Cl)cc1NC(=S)N1CC(=O)N2CCc3cc(F)ccc3C2C1. The van der Waals surface area contributed by atoms with E-state index in [1.54, 1.807) is 37.4 Å². The lowest BCUT2D eigenvalue weighted by Crippen LogP contribution is -2.56. The minimum atomic E-state index is -0.253. The predicted molar refractivity (Wildman–Crippen MR) is 110 cm³/mol. The first-order valence-corrected chi connectivity index (χ1v) is 9.72. The number of rotatable bonds is 2. The Labute approximate surface area is 173 Å². The highest BCUT2D eigenvalue weighted by atomic mass is 35.5. The van der Waals surface area contributed by atoms with E-state index in [0.717, 1.165) is 11.1 Å². The number of amides is 1. The minimum Gasteiger partial charge on any atom is -0.495 e. The Balaban J connectivity index is 1.57. The van der Waals surface area contributed by atoms with Gasteiger partial charge in [0.1, 0.15) is 11.6 Å². The standard InChI is InChI=1S/C20H19ClFN3O2S/c1-27-18-5-2-13(21)9-16(18)23-20(28)24-10-17-15-4-3-14(22)8-12(15)6-7-25(17)19(26)11-24/h2-5,8-9,17H,6-7,10-11H2,1H3,(H,23,28). The third-order valence-electron chi connectivity index (χ3n) is 5.19. The molecular weight excluding hydrogens is 401 g/mol. The molecule has 5 nitrogen and oxygen atoms in total. The number of carbonyl (C=O) groups excluding carboxylic acids is 1. The lowest BCUT2D eigenvalue weighted by atomic mass is 9.90. The number of benzene rings is 2. The third kappa shape index (κ3) is 3.52. The number of methoxy groups -OCH3 is 1. The van der Waals surface area contributed by atoms with Crippen molar-refractivity contribution in [2.45, 2.75) is 12.5 Å². The van der Waals surface area contributed by atoms with Crippen molar-refractivity contribution in [3.05, 3.63) is 58.4 Å². The normalized spacial score (nSPS) is 18.4. The number of carbonyl (C=O) groups is 1. The summed E-state index contributed by atoms with van der Waals surface area (Å²) in [5, 5.41) is 4.11. The second-order valence-electron chi connectivity index (χ2n) is 6.85. The molecule has 1 atom stereocenters. The highest BCUT2D eigenvalue weighted by Gasteiger charge is 2.37. The van der Waals surface area contributed by atoms with E-state index in [1.807, 2.05) is 9.80 Å². The number of fused-ring (bicyclic) bond motifs is 3. The molecule has 0 aromatic heterocycles. The summed E-state index contributed by atoms with van der Waals surface area (Å²) in [5.41, 5.74) is 2.57. The van der Waals surface area contributed by atoms with Crippen LogP contribution in [0.25, 0.3) is 0 Å². The number of hydrogen-bond acceptors (Lipinski definition) is 3. The second-order valence-corrected chi connectivity index (χ2v) is 7.67. The molecule has 0 spiro atoms. The number of anilines is 1. The fraction of sp³-hybridized carbons (Fsp3) is 0.300. The number of nitrogens with one attached hydrogen (secondary N) is 1. The molecule has 2 aromatic carbocycles. The first kappa shape index (κ1) is 19.0. The Morgan fingerprint density at radius 2 is 2.14 bits per heavy atom. The zero-order valence-corrected chi connectivity index (χ0v) is 16.8. The van der Waals surface area contributed by atoms with E-state index >= 15 is 0 Å². The topological polar surface area (TPSA) is 44.8 Å². The molecule has 4 rings (SSSR count). The van der Waals surface area contributed by atoms with Crippen LogP contribution in [0, 0.1) is 5.82 Å². The van der Waals surface area contributed by atoms with Gasteiger partial charge in [0.2, 0.25) is 5.91 Å². The van der Waals surface area contributed by atoms with Gasteiger partial charge in [-0.1, -0.05) is 17.7 Å². The molecule has 8 heteroatoms. The van der Waals surface area contributed by atoms with E-state index in [0.29, 0.717) is 41.1 Å². The maximum atomic E-state index is 13.6. The van der Waals surface area contributed by atoms with Crippen LogP contribution in [-0.2, 0) is 11.2 Å². The zero-order valence-electron chi connectivity index (χ0n) is 15.2. The number of hydrogen-bond donors (Lipinski definition) is 1. The Morgan fingerprint density at radius 3 is 2.93 bits per heavy atom. The highest BCUT2D eigenvalue weighted by Crippen LogP contribution is 2.34. The largest absolute Gasteiger partial charge is 0.495 e. The molecule has 1 amide bonds. The molecule has 2 heterocycles. The lowest BCUT2D eigenvalue weighted by Gasteiger charge is -2.45. The summed E-state index contributed by atoms with van der Waals surface area (Å²) in [6.07, 6.45) is 0.664. The second kappa shape index (κ2) is 7.56. The summed E-state index contributed by atoms with van der Waals surface area (Å²) in [5.74, 6) is 0.361. The quantitative estimate of drug-likeness (QED) is 0.753. The number of ether oxygens (including phenoxy) is 1. The van der Waals surface area contributed by atoms with Gasteiger partial charge in [-0.15, -0.1) is 0 Å². The van der Waals surface area contributed by atoms with Crippen molar-refractivity contribution in [2.75, 3.05) is 32.1 Å². The van der Waals surface area contributed by atoms with E-state index in [-0.39, 0.29) is 24.3 Å². The number of halogens is 2. The molecule has 0 aliphatic carbocycles. The van der Waals surface area contributed by atoms with Gasteiger partial charge < -0.3 is 19.9 Å². The van der Waals surface area contributed by atoms with Crippen LogP contribution in [0.3, 0.4) is 0 Å². The fourth-order valence-corrected chi connectivity index (χ4v) is 4.25. The van der Waals surface area contributed by atoms with E-state index in [9.17, 15) is 9.18 Å². The maximum Gasteiger partial charge on any atom is 0.242 e. The van der Waals surface area contributed by atoms with Crippen LogP contribution < -0.4 is 10.1 Å². The van der Waals surface area contributed by atoms with Crippen molar-refractivity contribution in [2.24, 2.45) is 0 Å². The molecule has 146 valence electrons. The molecule has 0 radical (unpaired) electrons. The number of nitrogens with zero attached hydrogens (tertiary/aromatic N) is 2. The monoisotopic (exact) mass is 419 g/mol. The Bertz CT molecular complexity index is 955. The summed E-state index contributed by atoms with van der Waals surface area (Å²) < 4.78 is 18.9. The Hall–Kier alpha value is -2.38. The molecule has 2 aliphatic heterocycles. The average Bonchev–Trinajstić information content (AvgIpc) is 2.67. The van der Waals surface area contributed by atoms with Gasteiger partial charge in [-0.25, -0.2) is 4.39 Å². The Morgan fingerprint density at radius 1 is 1.32 bits per heavy atom. The summed E-state index contributed by atoms with van der Waals surface area (Å²) in [6, 6.07) is 9.84. The van der Waals surface area contributed by atoms with Crippen molar-refractivity contribution in [3.63, 3.8) is 0 Å². The Kier molecular flexibility index (Phi) is 5.12. The van der Waals surface area contributed by atoms with Crippen LogP contribution >= 0.6 is 23.8 Å². The van der Waals surface area contributed by atoms with Gasteiger partial charge >= 0.3 is 0 Å². The molecule has 0 bridgehead atoms. The van der Waals surface area contributed by atoms with E-state index in [1.165, 1.54) is 6.07 Å². The van der Waals surface area contributed by atoms with Crippen molar-refractivity contribution >= 4 is 40.5 Å². The molecule has 1 unspecified atom stereocenters. The molecule has 28 heavy (non-hydrogen) atoms. The number of thiocarbonyl (C=S) groups is 1. The van der Waals surface area contributed by atoms with Gasteiger partial charge in [-0.2, -0.15) is 0 Å². The van der Waals surface area contributed by atoms with Gasteiger partial charge in [-0.05, 0) is 60.1 Å². The van der Waals surface area contributed by atoms with Crippen LogP contribution in [-0.4, -0.2) is 47.6 Å². The van der Waals surface area contributed by atoms with Gasteiger partial charge in [0.25, 0.3) is 0 Å². The van der Waals surface area contributed by atoms with Crippen LogP contribution in [0.1, 0.15) is 17.2 Å². The van der Waals surface area contributed by atoms with Gasteiger partial charge in [0.05, 0.1) is 25.4 Å². The van der Waals surface area contributed by atoms with Crippen LogP contribution in [0.15, 0.2) is 36.4 Å². The zero-order chi connectivity index (χ0) is 19.8. The summed E-state index contributed by atoms with van der Waals surface area (Å²) in [6.45, 7) is 1.33. The van der Waals surface area contributed by atoms with Crippen LogP contribution in [0.4, 0.5) is 10.1 Å². The molecule has 0 saturated carbocycles. The molecular formula is C20H19ClFN3O2S. The van der Waals surface area contributed by atoms with E-state index in [4.69, 9.17) is 28.6 Å². The fourth-order valence-electron chi connectivity index (χ4n) is 3.83. The smallest absolute Gasteiger partial charge is 0.242 e. The first-order valence-electron chi connectivity index (χ1n) is 8.93. The molecule has 2 aliphatic rings. The molecule has 1 N–H and O–H groups in total. The summed E-state index contributed by atoms with van der Waals surface area (Å²) in [7, 11) is 1.57. The van der Waals surface area contributed by atoms with Gasteiger partial charge in [-0.3, -0.25) is 4.79 Å². The van der Waals surface area contributed by atoms with Gasteiger partial charge in [0.15, 0.2) is 5.11 Å². The van der Waals surface area contributed by atoms with Crippen molar-refractivity contribution < 1.29 is 13.9 Å². The summed E-state index contributed by atoms with van der Waals surface area (Å²) in [4.78, 5) is 16.4. The van der Waals surface area contributed by atoms with Crippen LogP contribution in [0.2, 0.25) is 5.02 Å². The molecule has 1 fully saturated rings. The van der Waals surface area contributed by atoms with Crippen molar-refractivity contribution in [1.82, 2.24) is 9.80 Å². The maximum absolute atomic E-state index is 13.6.